The Balaban J connectivity index is 1.56. The molecule has 1 unspecified atom stereocenters. The Hall–Kier alpha value is -3.89. The third-order valence-electron chi connectivity index (χ3n) is 5.93. The zero-order chi connectivity index (χ0) is 25.3. The molecule has 2 aromatic rings. The second-order valence-corrected chi connectivity index (χ2v) is 8.10. The van der Waals surface area contributed by atoms with Crippen molar-refractivity contribution in [1.82, 2.24) is 15.1 Å². The number of nitrogens with zero attached hydrogens (tertiary/aromatic N) is 2. The van der Waals surface area contributed by atoms with Gasteiger partial charge in [0.25, 0.3) is 5.91 Å². The number of nitrogens with one attached hydrogen (secondary N) is 2. The minimum atomic E-state index is -4.68. The largest absolute Gasteiger partial charge is 0.416 e. The number of carbonyl (C=O) groups is 3. The number of anilines is 1. The molecule has 2 aliphatic heterocycles. The van der Waals surface area contributed by atoms with Crippen molar-refractivity contribution in [2.45, 2.75) is 25.6 Å². The minimum absolute atomic E-state index is 0.00998. The van der Waals surface area contributed by atoms with E-state index in [9.17, 15) is 31.9 Å². The summed E-state index contributed by atoms with van der Waals surface area (Å²) < 4.78 is 54.1. The normalized spacial score (nSPS) is 18.0. The highest BCUT2D eigenvalue weighted by atomic mass is 19.4. The van der Waals surface area contributed by atoms with Gasteiger partial charge in [-0.05, 0) is 42.8 Å². The molecule has 2 heterocycles. The molecule has 0 saturated heterocycles. The number of likely N-dealkylation sites (N-methyl/N-ethyl adjacent to an activating group) is 1. The molecule has 4 rings (SSSR count). The van der Waals surface area contributed by atoms with Crippen molar-refractivity contribution < 1.29 is 31.9 Å². The fourth-order valence-corrected chi connectivity index (χ4v) is 4.30. The van der Waals surface area contributed by atoms with Gasteiger partial charge in [-0.25, -0.2) is 9.18 Å². The summed E-state index contributed by atoms with van der Waals surface area (Å²) in [4.78, 5) is 41.0. The highest BCUT2D eigenvalue weighted by Gasteiger charge is 2.46. The van der Waals surface area contributed by atoms with Gasteiger partial charge in [0.05, 0.1) is 29.4 Å². The Bertz CT molecular complexity index is 1190. The second kappa shape index (κ2) is 9.40. The van der Waals surface area contributed by atoms with Gasteiger partial charge >= 0.3 is 12.2 Å². The summed E-state index contributed by atoms with van der Waals surface area (Å²) in [6, 6.07) is 8.12. The molecule has 0 spiro atoms. The van der Waals surface area contributed by atoms with E-state index in [-0.39, 0.29) is 37.2 Å². The molecular formula is C24H22F4N4O3. The van der Waals surface area contributed by atoms with Crippen molar-refractivity contribution in [3.8, 4) is 0 Å². The lowest BCUT2D eigenvalue weighted by Crippen LogP contribution is -2.47. The summed E-state index contributed by atoms with van der Waals surface area (Å²) in [5.74, 6) is -1.42. The summed E-state index contributed by atoms with van der Waals surface area (Å²) in [5, 5.41) is 5.14. The molecule has 2 aliphatic rings. The third kappa shape index (κ3) is 4.84. The number of alkyl halides is 3. The van der Waals surface area contributed by atoms with Gasteiger partial charge < -0.3 is 15.5 Å². The first-order chi connectivity index (χ1) is 16.6. The average Bonchev–Trinajstić information content (AvgIpc) is 3.14. The van der Waals surface area contributed by atoms with E-state index in [4.69, 9.17) is 0 Å². The monoisotopic (exact) mass is 490 g/mol. The van der Waals surface area contributed by atoms with Crippen LogP contribution in [0.4, 0.5) is 28.0 Å². The van der Waals surface area contributed by atoms with Gasteiger partial charge in [0.2, 0.25) is 5.91 Å². The van der Waals surface area contributed by atoms with Crippen LogP contribution in [0.5, 0.6) is 0 Å². The van der Waals surface area contributed by atoms with Crippen LogP contribution >= 0.6 is 0 Å². The lowest BCUT2D eigenvalue weighted by molar-refractivity contribution is -0.138. The Labute approximate surface area is 198 Å². The fourth-order valence-electron chi connectivity index (χ4n) is 4.30. The first-order valence-electron chi connectivity index (χ1n) is 10.9. The molecule has 11 heteroatoms. The fraction of sp³-hybridized carbons (Fsp3) is 0.292. The molecule has 2 aromatic carbocycles. The number of carbonyl (C=O) groups excluding carboxylic acids is 3. The van der Waals surface area contributed by atoms with Crippen molar-refractivity contribution in [2.24, 2.45) is 0 Å². The molecule has 184 valence electrons. The molecule has 0 radical (unpaired) electrons. The maximum absolute atomic E-state index is 13.7. The smallest absolute Gasteiger partial charge is 0.332 e. The van der Waals surface area contributed by atoms with Gasteiger partial charge in [-0.2, -0.15) is 13.2 Å². The SMILES string of the molecule is CCN1C(=O)NC(c2ccccc2C(F)(F)F)C2=C1CN(CCC(=O)Nc1ccc(F)cc1)C2=O. The van der Waals surface area contributed by atoms with Gasteiger partial charge in [-0.15, -0.1) is 0 Å². The predicted octanol–water partition coefficient (Wildman–Crippen LogP) is 4.06. The Morgan fingerprint density at radius 1 is 1.11 bits per heavy atom. The van der Waals surface area contributed by atoms with Crippen LogP contribution in [-0.4, -0.2) is 47.3 Å². The van der Waals surface area contributed by atoms with E-state index in [1.54, 1.807) is 6.92 Å². The van der Waals surface area contributed by atoms with Crippen molar-refractivity contribution in [3.63, 3.8) is 0 Å². The summed E-state index contributed by atoms with van der Waals surface area (Å²) in [5.41, 5.74) is -0.394. The van der Waals surface area contributed by atoms with Gasteiger partial charge in [0, 0.05) is 25.2 Å². The molecule has 0 fully saturated rings. The van der Waals surface area contributed by atoms with E-state index < -0.39 is 41.4 Å². The van der Waals surface area contributed by atoms with Crippen molar-refractivity contribution in [3.05, 3.63) is 76.7 Å². The topological polar surface area (TPSA) is 81.8 Å². The molecule has 0 saturated carbocycles. The van der Waals surface area contributed by atoms with Gasteiger partial charge in [0.1, 0.15) is 5.82 Å². The third-order valence-corrected chi connectivity index (χ3v) is 5.93. The van der Waals surface area contributed by atoms with Crippen LogP contribution < -0.4 is 10.6 Å². The molecule has 7 nitrogen and oxygen atoms in total. The van der Waals surface area contributed by atoms with Crippen molar-refractivity contribution >= 4 is 23.5 Å². The predicted molar refractivity (Wildman–Crippen MR) is 118 cm³/mol. The quantitative estimate of drug-likeness (QED) is 0.600. The standard InChI is InChI=1S/C24H22F4N4O3/c1-2-32-18-13-31(12-11-19(33)29-15-9-7-14(25)8-10-15)22(34)20(18)21(30-23(32)35)16-5-3-4-6-17(16)24(26,27)28/h3-10,21H,2,11-13H2,1H3,(H,29,33)(H,30,35). The zero-order valence-electron chi connectivity index (χ0n) is 18.7. The van der Waals surface area contributed by atoms with E-state index >= 15 is 0 Å². The molecule has 4 amide bonds. The highest BCUT2D eigenvalue weighted by molar-refractivity contribution is 6.02. The summed E-state index contributed by atoms with van der Waals surface area (Å²) in [6.45, 7) is 1.88. The lowest BCUT2D eigenvalue weighted by atomic mass is 9.91. The maximum Gasteiger partial charge on any atom is 0.416 e. The number of halogens is 4. The summed E-state index contributed by atoms with van der Waals surface area (Å²) in [6.07, 6.45) is -4.77. The number of amides is 4. The van der Waals surface area contributed by atoms with Crippen molar-refractivity contribution in [1.29, 1.82) is 0 Å². The average molecular weight is 490 g/mol. The zero-order valence-corrected chi connectivity index (χ0v) is 18.7. The molecule has 1 atom stereocenters. The minimum Gasteiger partial charge on any atom is -0.332 e. The van der Waals surface area contributed by atoms with Crippen LogP contribution in [0.25, 0.3) is 0 Å². The van der Waals surface area contributed by atoms with E-state index in [1.807, 2.05) is 0 Å². The Kier molecular flexibility index (Phi) is 6.51. The molecule has 0 aromatic heterocycles. The molecular weight excluding hydrogens is 468 g/mol. The van der Waals surface area contributed by atoms with E-state index in [1.165, 1.54) is 52.3 Å². The number of hydrogen-bond acceptors (Lipinski definition) is 3. The maximum atomic E-state index is 13.7. The van der Waals surface area contributed by atoms with Gasteiger partial charge in [0.15, 0.2) is 0 Å². The molecule has 0 aliphatic carbocycles. The first-order valence-corrected chi connectivity index (χ1v) is 10.9. The second-order valence-electron chi connectivity index (χ2n) is 8.10. The number of hydrogen-bond donors (Lipinski definition) is 2. The van der Waals surface area contributed by atoms with Crippen LogP contribution in [0, 0.1) is 5.82 Å². The van der Waals surface area contributed by atoms with Crippen LogP contribution in [0.2, 0.25) is 0 Å². The first kappa shape index (κ1) is 24.2. The summed E-state index contributed by atoms with van der Waals surface area (Å²) >= 11 is 0. The number of rotatable bonds is 6. The summed E-state index contributed by atoms with van der Waals surface area (Å²) in [7, 11) is 0. The van der Waals surface area contributed by atoms with Gasteiger partial charge in [-0.3, -0.25) is 14.5 Å². The molecule has 0 bridgehead atoms. The number of urea groups is 1. The highest BCUT2D eigenvalue weighted by Crippen LogP contribution is 2.41. The van der Waals surface area contributed by atoms with E-state index in [2.05, 4.69) is 10.6 Å². The van der Waals surface area contributed by atoms with Gasteiger partial charge in [-0.1, -0.05) is 18.2 Å². The number of benzene rings is 2. The molecule has 35 heavy (non-hydrogen) atoms. The Morgan fingerprint density at radius 3 is 2.46 bits per heavy atom. The van der Waals surface area contributed by atoms with E-state index in [0.717, 1.165) is 6.07 Å². The van der Waals surface area contributed by atoms with E-state index in [0.29, 0.717) is 11.4 Å². The van der Waals surface area contributed by atoms with Crippen LogP contribution in [0.15, 0.2) is 59.8 Å². The molecule has 2 N–H and O–H groups in total. The Morgan fingerprint density at radius 2 is 1.80 bits per heavy atom. The van der Waals surface area contributed by atoms with Crippen LogP contribution in [-0.2, 0) is 15.8 Å². The van der Waals surface area contributed by atoms with Crippen molar-refractivity contribution in [2.75, 3.05) is 25.0 Å². The van der Waals surface area contributed by atoms with Crippen LogP contribution in [0.3, 0.4) is 0 Å². The van der Waals surface area contributed by atoms with Crippen LogP contribution in [0.1, 0.15) is 30.5 Å². The lowest BCUT2D eigenvalue weighted by Gasteiger charge is -2.33.